The van der Waals surface area contributed by atoms with Crippen molar-refractivity contribution in [3.8, 4) is 0 Å². The van der Waals surface area contributed by atoms with Crippen molar-refractivity contribution in [2.75, 3.05) is 0 Å². The molecule has 0 saturated heterocycles. The van der Waals surface area contributed by atoms with E-state index in [1.807, 2.05) is 29.0 Å². The normalized spacial score (nSPS) is 11.5. The fraction of sp³-hybridized carbons (Fsp3) is 0.312. The lowest BCUT2D eigenvalue weighted by Crippen LogP contribution is -2.11. The van der Waals surface area contributed by atoms with Gasteiger partial charge in [0.15, 0.2) is 5.78 Å². The van der Waals surface area contributed by atoms with Crippen LogP contribution in [0.2, 0.25) is 0 Å². The second kappa shape index (κ2) is 5.07. The van der Waals surface area contributed by atoms with E-state index in [4.69, 9.17) is 0 Å². The zero-order chi connectivity index (χ0) is 13.2. The van der Waals surface area contributed by atoms with E-state index in [9.17, 15) is 4.79 Å². The summed E-state index contributed by atoms with van der Waals surface area (Å²) in [6.45, 7) is 6.53. The molecule has 0 unspecified atom stereocenters. The second-order valence-electron chi connectivity index (χ2n) is 5.56. The van der Waals surface area contributed by atoms with Crippen LogP contribution in [0.5, 0.6) is 0 Å². The van der Waals surface area contributed by atoms with Crippen LogP contribution in [0.3, 0.4) is 0 Å². The van der Waals surface area contributed by atoms with Crippen LogP contribution in [0.4, 0.5) is 0 Å². The minimum absolute atomic E-state index is 0.134. The summed E-state index contributed by atoms with van der Waals surface area (Å²) in [6.07, 6.45) is 0.498. The standard InChI is InChI=1S/C16H18OS/c1-16(2,3)14-6-4-13(5-7-14)15(17)10-12-8-9-18-11-12/h4-9,11H,10H2,1-3H3. The van der Waals surface area contributed by atoms with Gasteiger partial charge in [0.2, 0.25) is 0 Å². The van der Waals surface area contributed by atoms with E-state index in [0.717, 1.165) is 11.1 Å². The molecule has 0 amide bonds. The molecule has 0 aliphatic carbocycles. The summed E-state index contributed by atoms with van der Waals surface area (Å²) < 4.78 is 0. The molecule has 0 N–H and O–H groups in total. The third-order valence-corrected chi connectivity index (χ3v) is 3.75. The van der Waals surface area contributed by atoms with Crippen LogP contribution < -0.4 is 0 Å². The summed E-state index contributed by atoms with van der Waals surface area (Å²) in [5, 5.41) is 4.03. The quantitative estimate of drug-likeness (QED) is 0.742. The van der Waals surface area contributed by atoms with Crippen molar-refractivity contribution in [1.29, 1.82) is 0 Å². The first kappa shape index (κ1) is 13.0. The van der Waals surface area contributed by atoms with Gasteiger partial charge >= 0.3 is 0 Å². The van der Waals surface area contributed by atoms with Crippen LogP contribution in [0, 0.1) is 0 Å². The number of Topliss-reactive ketones (excluding diaryl/α,β-unsaturated/α-hetero) is 1. The smallest absolute Gasteiger partial charge is 0.167 e. The number of thiophene rings is 1. The van der Waals surface area contributed by atoms with Crippen molar-refractivity contribution >= 4 is 17.1 Å². The van der Waals surface area contributed by atoms with Gasteiger partial charge in [-0.15, -0.1) is 0 Å². The monoisotopic (exact) mass is 258 g/mol. The lowest BCUT2D eigenvalue weighted by molar-refractivity contribution is 0.0993. The van der Waals surface area contributed by atoms with Gasteiger partial charge in [-0.3, -0.25) is 4.79 Å². The summed E-state index contributed by atoms with van der Waals surface area (Å²) in [4.78, 5) is 12.1. The minimum atomic E-state index is 0.134. The molecule has 2 rings (SSSR count). The lowest BCUT2D eigenvalue weighted by atomic mass is 9.86. The van der Waals surface area contributed by atoms with Gasteiger partial charge in [-0.2, -0.15) is 11.3 Å². The van der Waals surface area contributed by atoms with Gasteiger partial charge in [0.1, 0.15) is 0 Å². The first-order chi connectivity index (χ1) is 8.47. The average Bonchev–Trinajstić information content (AvgIpc) is 2.81. The van der Waals surface area contributed by atoms with Crippen molar-refractivity contribution < 1.29 is 4.79 Å². The number of hydrogen-bond donors (Lipinski definition) is 0. The molecule has 2 heteroatoms. The molecule has 0 radical (unpaired) electrons. The number of rotatable bonds is 3. The van der Waals surface area contributed by atoms with E-state index in [-0.39, 0.29) is 11.2 Å². The molecule has 18 heavy (non-hydrogen) atoms. The Kier molecular flexibility index (Phi) is 3.67. The highest BCUT2D eigenvalue weighted by atomic mass is 32.1. The van der Waals surface area contributed by atoms with Crippen molar-refractivity contribution in [2.24, 2.45) is 0 Å². The third-order valence-electron chi connectivity index (χ3n) is 3.02. The molecule has 0 aliphatic heterocycles. The topological polar surface area (TPSA) is 17.1 Å². The molecule has 0 saturated carbocycles. The highest BCUT2D eigenvalue weighted by Gasteiger charge is 2.14. The van der Waals surface area contributed by atoms with Gasteiger partial charge in [0, 0.05) is 12.0 Å². The van der Waals surface area contributed by atoms with Crippen LogP contribution >= 0.6 is 11.3 Å². The Bertz CT molecular complexity index is 515. The number of carbonyl (C=O) groups excluding carboxylic acids is 1. The summed E-state index contributed by atoms with van der Waals surface area (Å²) in [7, 11) is 0. The maximum atomic E-state index is 12.1. The maximum absolute atomic E-state index is 12.1. The Hall–Kier alpha value is -1.41. The van der Waals surface area contributed by atoms with Crippen LogP contribution in [0.25, 0.3) is 0 Å². The molecule has 1 aromatic heterocycles. The van der Waals surface area contributed by atoms with Crippen LogP contribution in [0.15, 0.2) is 41.1 Å². The van der Waals surface area contributed by atoms with E-state index in [2.05, 4.69) is 32.9 Å². The zero-order valence-electron chi connectivity index (χ0n) is 11.1. The Morgan fingerprint density at radius 3 is 2.28 bits per heavy atom. The first-order valence-corrected chi connectivity index (χ1v) is 7.06. The first-order valence-electron chi connectivity index (χ1n) is 6.11. The molecule has 1 nitrogen and oxygen atoms in total. The number of hydrogen-bond acceptors (Lipinski definition) is 2. The Balaban J connectivity index is 2.12. The van der Waals surface area contributed by atoms with Gasteiger partial charge < -0.3 is 0 Å². The van der Waals surface area contributed by atoms with E-state index in [1.54, 1.807) is 11.3 Å². The average molecular weight is 258 g/mol. The molecule has 1 heterocycles. The summed E-state index contributed by atoms with van der Waals surface area (Å²) in [5.41, 5.74) is 3.29. The predicted molar refractivity (Wildman–Crippen MR) is 77.5 cm³/mol. The fourth-order valence-electron chi connectivity index (χ4n) is 1.84. The van der Waals surface area contributed by atoms with Gasteiger partial charge in [0.05, 0.1) is 0 Å². The number of carbonyl (C=O) groups is 1. The van der Waals surface area contributed by atoms with Crippen LogP contribution in [-0.2, 0) is 11.8 Å². The highest BCUT2D eigenvalue weighted by molar-refractivity contribution is 7.08. The highest BCUT2D eigenvalue weighted by Crippen LogP contribution is 2.22. The molecule has 0 fully saturated rings. The molecular weight excluding hydrogens is 240 g/mol. The maximum Gasteiger partial charge on any atom is 0.167 e. The van der Waals surface area contributed by atoms with E-state index in [0.29, 0.717) is 6.42 Å². The Morgan fingerprint density at radius 1 is 1.11 bits per heavy atom. The van der Waals surface area contributed by atoms with Gasteiger partial charge in [0.25, 0.3) is 0 Å². The molecule has 2 aromatic rings. The van der Waals surface area contributed by atoms with Gasteiger partial charge in [-0.25, -0.2) is 0 Å². The zero-order valence-corrected chi connectivity index (χ0v) is 11.9. The molecule has 0 spiro atoms. The van der Waals surface area contributed by atoms with Crippen molar-refractivity contribution in [3.05, 3.63) is 57.8 Å². The van der Waals surface area contributed by atoms with E-state index >= 15 is 0 Å². The predicted octanol–water partition coefficient (Wildman–Crippen LogP) is 4.47. The molecule has 94 valence electrons. The van der Waals surface area contributed by atoms with Crippen molar-refractivity contribution in [2.45, 2.75) is 32.6 Å². The third kappa shape index (κ3) is 3.08. The molecule has 0 bridgehead atoms. The van der Waals surface area contributed by atoms with Gasteiger partial charge in [-0.05, 0) is 33.4 Å². The molecule has 0 aliphatic rings. The Labute approximate surface area is 112 Å². The summed E-state index contributed by atoms with van der Waals surface area (Å²) >= 11 is 1.63. The summed E-state index contributed by atoms with van der Waals surface area (Å²) in [5.74, 6) is 0.189. The largest absolute Gasteiger partial charge is 0.294 e. The van der Waals surface area contributed by atoms with E-state index < -0.39 is 0 Å². The van der Waals surface area contributed by atoms with E-state index in [1.165, 1.54) is 5.56 Å². The van der Waals surface area contributed by atoms with Gasteiger partial charge in [-0.1, -0.05) is 45.0 Å². The summed E-state index contributed by atoms with van der Waals surface area (Å²) in [6, 6.07) is 10.00. The molecular formula is C16H18OS. The lowest BCUT2D eigenvalue weighted by Gasteiger charge is -2.18. The second-order valence-corrected chi connectivity index (χ2v) is 6.34. The van der Waals surface area contributed by atoms with Crippen LogP contribution in [0.1, 0.15) is 42.3 Å². The molecule has 0 atom stereocenters. The van der Waals surface area contributed by atoms with Crippen molar-refractivity contribution in [3.63, 3.8) is 0 Å². The Morgan fingerprint density at radius 2 is 1.78 bits per heavy atom. The minimum Gasteiger partial charge on any atom is -0.294 e. The number of benzene rings is 1. The number of ketones is 1. The molecule has 1 aromatic carbocycles. The van der Waals surface area contributed by atoms with Crippen molar-refractivity contribution in [1.82, 2.24) is 0 Å². The van der Waals surface area contributed by atoms with Crippen LogP contribution in [-0.4, -0.2) is 5.78 Å². The SMILES string of the molecule is CC(C)(C)c1ccc(C(=O)Cc2ccsc2)cc1. The fourth-order valence-corrected chi connectivity index (χ4v) is 2.51.